The highest BCUT2D eigenvalue weighted by atomic mass is 32.2. The normalized spacial score (nSPS) is 11.9. The molecule has 0 spiro atoms. The second kappa shape index (κ2) is 9.00. The predicted octanol–water partition coefficient (Wildman–Crippen LogP) is 1.16. The van der Waals surface area contributed by atoms with E-state index >= 15 is 0 Å². The zero-order chi connectivity index (χ0) is 20.0. The minimum atomic E-state index is -3.64. The van der Waals surface area contributed by atoms with E-state index < -0.39 is 21.5 Å². The molecule has 1 N–H and O–H groups in total. The first-order valence-electron chi connectivity index (χ1n) is 8.04. The molecule has 0 aliphatic rings. The van der Waals surface area contributed by atoms with Crippen molar-refractivity contribution in [1.82, 2.24) is 9.62 Å². The molecule has 1 aromatic rings. The number of hydrogen-bond acceptors (Lipinski definition) is 6. The Morgan fingerprint density at radius 1 is 1.15 bits per heavy atom. The fourth-order valence-electron chi connectivity index (χ4n) is 2.23. The molecule has 0 fully saturated rings. The summed E-state index contributed by atoms with van der Waals surface area (Å²) in [6.07, 6.45) is 0.401. The van der Waals surface area contributed by atoms with Crippen LogP contribution in [0.5, 0.6) is 5.75 Å². The zero-order valence-electron chi connectivity index (χ0n) is 15.7. The lowest BCUT2D eigenvalue weighted by molar-refractivity contribution is -0.149. The van der Waals surface area contributed by atoms with Crippen LogP contribution in [0.1, 0.15) is 26.7 Å². The monoisotopic (exact) mass is 386 g/mol. The van der Waals surface area contributed by atoms with Crippen molar-refractivity contribution in [3.63, 3.8) is 0 Å². The quantitative estimate of drug-likeness (QED) is 0.639. The van der Waals surface area contributed by atoms with Gasteiger partial charge in [-0.2, -0.15) is 0 Å². The Bertz CT molecular complexity index is 728. The first-order valence-corrected chi connectivity index (χ1v) is 9.48. The molecular formula is C17H26N2O6S. The Hall–Kier alpha value is -2.13. The highest BCUT2D eigenvalue weighted by Crippen LogP contribution is 2.18. The molecule has 1 rings (SSSR count). The molecule has 0 aromatic heterocycles. The van der Waals surface area contributed by atoms with Gasteiger partial charge in [0.2, 0.25) is 15.9 Å². The summed E-state index contributed by atoms with van der Waals surface area (Å²) in [6, 6.07) is 6.08. The standard InChI is InChI=1S/C17H26N2O6S/c1-17(2,16(21)25-5)18-15(20)7-6-12-19(3)26(22,23)14-10-8-13(24-4)9-11-14/h8-11H,6-7,12H2,1-5H3,(H,18,20). The lowest BCUT2D eigenvalue weighted by atomic mass is 10.1. The summed E-state index contributed by atoms with van der Waals surface area (Å²) < 4.78 is 35.8. The molecule has 0 radical (unpaired) electrons. The van der Waals surface area contributed by atoms with E-state index in [1.54, 1.807) is 12.1 Å². The molecule has 0 unspecified atom stereocenters. The van der Waals surface area contributed by atoms with Gasteiger partial charge in [0.25, 0.3) is 0 Å². The molecule has 0 bridgehead atoms. The Labute approximate surface area is 154 Å². The van der Waals surface area contributed by atoms with Crippen molar-refractivity contribution in [1.29, 1.82) is 0 Å². The molecule has 8 nitrogen and oxygen atoms in total. The number of sulfonamides is 1. The molecule has 0 atom stereocenters. The molecule has 0 saturated carbocycles. The third kappa shape index (κ3) is 5.70. The van der Waals surface area contributed by atoms with Gasteiger partial charge < -0.3 is 14.8 Å². The van der Waals surface area contributed by atoms with E-state index in [9.17, 15) is 18.0 Å². The van der Waals surface area contributed by atoms with Gasteiger partial charge in [0.1, 0.15) is 11.3 Å². The molecular weight excluding hydrogens is 360 g/mol. The summed E-state index contributed by atoms with van der Waals surface area (Å²) >= 11 is 0. The van der Waals surface area contributed by atoms with Crippen molar-refractivity contribution < 1.29 is 27.5 Å². The fraction of sp³-hybridized carbons (Fsp3) is 0.529. The van der Waals surface area contributed by atoms with Crippen molar-refractivity contribution in [3.05, 3.63) is 24.3 Å². The molecule has 1 amide bonds. The number of nitrogens with zero attached hydrogens (tertiary/aromatic N) is 1. The van der Waals surface area contributed by atoms with Crippen LogP contribution < -0.4 is 10.1 Å². The minimum Gasteiger partial charge on any atom is -0.497 e. The van der Waals surface area contributed by atoms with Gasteiger partial charge in [-0.25, -0.2) is 17.5 Å². The molecule has 0 heterocycles. The first kappa shape index (κ1) is 21.9. The van der Waals surface area contributed by atoms with Crippen LogP contribution in [-0.2, 0) is 24.3 Å². The average Bonchev–Trinajstić information content (AvgIpc) is 2.60. The highest BCUT2D eigenvalue weighted by Gasteiger charge is 2.30. The van der Waals surface area contributed by atoms with Gasteiger partial charge in [0.05, 0.1) is 19.1 Å². The van der Waals surface area contributed by atoms with Crippen LogP contribution in [-0.4, -0.2) is 58.0 Å². The van der Waals surface area contributed by atoms with Crippen LogP contribution in [0.25, 0.3) is 0 Å². The average molecular weight is 386 g/mol. The smallest absolute Gasteiger partial charge is 0.330 e. The highest BCUT2D eigenvalue weighted by molar-refractivity contribution is 7.89. The van der Waals surface area contributed by atoms with E-state index in [-0.39, 0.29) is 23.8 Å². The summed E-state index contributed by atoms with van der Waals surface area (Å²) in [7, 11) is 0.559. The van der Waals surface area contributed by atoms with Crippen LogP contribution >= 0.6 is 0 Å². The summed E-state index contributed by atoms with van der Waals surface area (Å²) in [5.74, 6) is -0.336. The lowest BCUT2D eigenvalue weighted by Gasteiger charge is -2.23. The van der Waals surface area contributed by atoms with Gasteiger partial charge in [-0.05, 0) is 44.5 Å². The van der Waals surface area contributed by atoms with Gasteiger partial charge in [0, 0.05) is 20.0 Å². The number of rotatable bonds is 9. The van der Waals surface area contributed by atoms with Gasteiger partial charge in [-0.3, -0.25) is 4.79 Å². The number of nitrogens with one attached hydrogen (secondary N) is 1. The topological polar surface area (TPSA) is 102 Å². The van der Waals surface area contributed by atoms with E-state index in [2.05, 4.69) is 10.1 Å². The largest absolute Gasteiger partial charge is 0.497 e. The number of esters is 1. The third-order valence-corrected chi connectivity index (χ3v) is 5.66. The zero-order valence-corrected chi connectivity index (χ0v) is 16.6. The lowest BCUT2D eigenvalue weighted by Crippen LogP contribution is -2.50. The van der Waals surface area contributed by atoms with E-state index in [1.165, 1.54) is 51.6 Å². The van der Waals surface area contributed by atoms with Gasteiger partial charge >= 0.3 is 5.97 Å². The van der Waals surface area contributed by atoms with Crippen LogP contribution in [0.15, 0.2) is 29.2 Å². The summed E-state index contributed by atoms with van der Waals surface area (Å²) in [5, 5.41) is 2.57. The van der Waals surface area contributed by atoms with Crippen LogP contribution in [0.2, 0.25) is 0 Å². The molecule has 0 saturated heterocycles. The van der Waals surface area contributed by atoms with E-state index in [1.807, 2.05) is 0 Å². The molecule has 146 valence electrons. The SMILES string of the molecule is COC(=O)C(C)(C)NC(=O)CCCN(C)S(=O)(=O)c1ccc(OC)cc1. The summed E-state index contributed by atoms with van der Waals surface area (Å²) in [4.78, 5) is 23.7. The summed E-state index contributed by atoms with van der Waals surface area (Å²) in [6.45, 7) is 3.24. The first-order chi connectivity index (χ1) is 12.0. The van der Waals surface area contributed by atoms with E-state index in [0.29, 0.717) is 12.2 Å². The number of ether oxygens (including phenoxy) is 2. The van der Waals surface area contributed by atoms with Crippen LogP contribution in [0.3, 0.4) is 0 Å². The van der Waals surface area contributed by atoms with Crippen molar-refractivity contribution in [2.45, 2.75) is 37.1 Å². The van der Waals surface area contributed by atoms with E-state index in [4.69, 9.17) is 4.74 Å². The Morgan fingerprint density at radius 2 is 1.73 bits per heavy atom. The number of carbonyl (C=O) groups excluding carboxylic acids is 2. The number of benzene rings is 1. The van der Waals surface area contributed by atoms with Crippen molar-refractivity contribution in [3.8, 4) is 5.75 Å². The van der Waals surface area contributed by atoms with Crippen molar-refractivity contribution >= 4 is 21.9 Å². The number of hydrogen-bond donors (Lipinski definition) is 1. The predicted molar refractivity (Wildman–Crippen MR) is 96.3 cm³/mol. The van der Waals surface area contributed by atoms with Crippen molar-refractivity contribution in [2.24, 2.45) is 0 Å². The Balaban J connectivity index is 2.58. The molecule has 26 heavy (non-hydrogen) atoms. The second-order valence-electron chi connectivity index (χ2n) is 6.27. The maximum Gasteiger partial charge on any atom is 0.330 e. The van der Waals surface area contributed by atoms with Gasteiger partial charge in [-0.1, -0.05) is 0 Å². The number of amides is 1. The molecule has 0 aliphatic heterocycles. The number of carbonyl (C=O) groups is 2. The Kier molecular flexibility index (Phi) is 7.58. The van der Waals surface area contributed by atoms with Crippen LogP contribution in [0, 0.1) is 0 Å². The van der Waals surface area contributed by atoms with E-state index in [0.717, 1.165) is 0 Å². The van der Waals surface area contributed by atoms with Crippen molar-refractivity contribution in [2.75, 3.05) is 27.8 Å². The second-order valence-corrected chi connectivity index (χ2v) is 8.32. The summed E-state index contributed by atoms with van der Waals surface area (Å²) in [5.41, 5.74) is -1.13. The van der Waals surface area contributed by atoms with Gasteiger partial charge in [-0.15, -0.1) is 0 Å². The third-order valence-electron chi connectivity index (χ3n) is 3.79. The van der Waals surface area contributed by atoms with Crippen LogP contribution in [0.4, 0.5) is 0 Å². The maximum absolute atomic E-state index is 12.5. The maximum atomic E-state index is 12.5. The molecule has 0 aliphatic carbocycles. The number of methoxy groups -OCH3 is 2. The fourth-order valence-corrected chi connectivity index (χ4v) is 3.44. The molecule has 1 aromatic carbocycles. The Morgan fingerprint density at radius 3 is 2.23 bits per heavy atom. The molecule has 9 heteroatoms. The minimum absolute atomic E-state index is 0.0862. The van der Waals surface area contributed by atoms with Gasteiger partial charge in [0.15, 0.2) is 0 Å².